The molecule has 2 aromatic rings. The molecule has 0 unspecified atom stereocenters. The Morgan fingerprint density at radius 3 is 2.52 bits per heavy atom. The van der Waals surface area contributed by atoms with Crippen LogP contribution in [0.3, 0.4) is 0 Å². The summed E-state index contributed by atoms with van der Waals surface area (Å²) in [5.74, 6) is -0.740. The number of amides is 1. The maximum absolute atomic E-state index is 13.1. The van der Waals surface area contributed by atoms with Crippen LogP contribution in [0.4, 0.5) is 10.1 Å². The Morgan fingerprint density at radius 2 is 1.83 bits per heavy atom. The summed E-state index contributed by atoms with van der Waals surface area (Å²) in [6.07, 6.45) is 3.33. The lowest BCUT2D eigenvalue weighted by Crippen LogP contribution is -2.29. The highest BCUT2D eigenvalue weighted by Gasteiger charge is 2.22. The Balaban J connectivity index is 1.64. The lowest BCUT2D eigenvalue weighted by molar-refractivity contribution is 0.0952. The summed E-state index contributed by atoms with van der Waals surface area (Å²) in [4.78, 5) is 14.8. The SMILES string of the molecule is CN(c1ccc(F)cc1)S(=O)(=O)c1cccc(C(=O)NCCCN2CCCC2)c1. The van der Waals surface area contributed by atoms with E-state index >= 15 is 0 Å². The highest BCUT2D eigenvalue weighted by Crippen LogP contribution is 2.23. The van der Waals surface area contributed by atoms with Crippen LogP contribution in [-0.2, 0) is 10.0 Å². The third kappa shape index (κ3) is 5.33. The fourth-order valence-corrected chi connectivity index (χ4v) is 4.60. The van der Waals surface area contributed by atoms with Crippen molar-refractivity contribution in [1.29, 1.82) is 0 Å². The van der Waals surface area contributed by atoms with E-state index in [1.54, 1.807) is 12.1 Å². The van der Waals surface area contributed by atoms with E-state index in [-0.39, 0.29) is 10.8 Å². The van der Waals surface area contributed by atoms with Crippen molar-refractivity contribution in [3.05, 3.63) is 59.9 Å². The first-order chi connectivity index (χ1) is 13.9. The molecule has 8 heteroatoms. The van der Waals surface area contributed by atoms with Crippen LogP contribution >= 0.6 is 0 Å². The molecule has 0 saturated carbocycles. The lowest BCUT2D eigenvalue weighted by atomic mass is 10.2. The van der Waals surface area contributed by atoms with Crippen LogP contribution in [0.1, 0.15) is 29.6 Å². The molecule has 1 fully saturated rings. The van der Waals surface area contributed by atoms with E-state index in [4.69, 9.17) is 0 Å². The van der Waals surface area contributed by atoms with Crippen LogP contribution in [0.25, 0.3) is 0 Å². The first-order valence-electron chi connectivity index (χ1n) is 9.73. The predicted molar refractivity (Wildman–Crippen MR) is 111 cm³/mol. The molecular formula is C21H26FN3O3S. The van der Waals surface area contributed by atoms with Crippen molar-refractivity contribution in [1.82, 2.24) is 10.2 Å². The molecule has 0 spiro atoms. The van der Waals surface area contributed by atoms with Crippen LogP contribution in [-0.4, -0.2) is 52.5 Å². The van der Waals surface area contributed by atoms with Gasteiger partial charge < -0.3 is 10.2 Å². The average Bonchev–Trinajstić information content (AvgIpc) is 3.25. The number of sulfonamides is 1. The first-order valence-corrected chi connectivity index (χ1v) is 11.2. The largest absolute Gasteiger partial charge is 0.352 e. The molecule has 2 aromatic carbocycles. The maximum Gasteiger partial charge on any atom is 0.264 e. The number of carbonyl (C=O) groups is 1. The number of carbonyl (C=O) groups excluding carboxylic acids is 1. The van der Waals surface area contributed by atoms with Crippen LogP contribution in [0.5, 0.6) is 0 Å². The number of halogens is 1. The number of nitrogens with one attached hydrogen (secondary N) is 1. The van der Waals surface area contributed by atoms with Crippen LogP contribution in [0, 0.1) is 5.82 Å². The molecule has 6 nitrogen and oxygen atoms in total. The van der Waals surface area contributed by atoms with E-state index in [1.807, 2.05) is 0 Å². The number of nitrogens with zero attached hydrogens (tertiary/aromatic N) is 2. The minimum atomic E-state index is -3.87. The average molecular weight is 420 g/mol. The monoisotopic (exact) mass is 419 g/mol. The van der Waals surface area contributed by atoms with Gasteiger partial charge >= 0.3 is 0 Å². The van der Waals surface area contributed by atoms with Gasteiger partial charge in [-0.1, -0.05) is 6.07 Å². The topological polar surface area (TPSA) is 69.7 Å². The second kappa shape index (κ2) is 9.37. The maximum atomic E-state index is 13.1. The van der Waals surface area contributed by atoms with Gasteiger partial charge in [-0.15, -0.1) is 0 Å². The van der Waals surface area contributed by atoms with Gasteiger partial charge in [0.1, 0.15) is 5.82 Å². The zero-order chi connectivity index (χ0) is 20.9. The summed E-state index contributed by atoms with van der Waals surface area (Å²) in [5, 5.41) is 2.85. The zero-order valence-electron chi connectivity index (χ0n) is 16.5. The number of likely N-dealkylation sites (tertiary alicyclic amines) is 1. The molecule has 0 aromatic heterocycles. The molecule has 3 rings (SSSR count). The number of benzene rings is 2. The predicted octanol–water partition coefficient (Wildman–Crippen LogP) is 2.87. The molecule has 1 amide bonds. The van der Waals surface area contributed by atoms with Gasteiger partial charge in [0.2, 0.25) is 0 Å². The molecule has 1 aliphatic heterocycles. The van der Waals surface area contributed by atoms with Crippen molar-refractivity contribution >= 4 is 21.6 Å². The molecular weight excluding hydrogens is 393 g/mol. The normalized spacial score (nSPS) is 14.7. The van der Waals surface area contributed by atoms with Gasteiger partial charge in [-0.05, 0) is 81.4 Å². The summed E-state index contributed by atoms with van der Waals surface area (Å²) in [6.45, 7) is 3.74. The highest BCUT2D eigenvalue weighted by molar-refractivity contribution is 7.92. The van der Waals surface area contributed by atoms with E-state index in [9.17, 15) is 17.6 Å². The van der Waals surface area contributed by atoms with E-state index in [0.29, 0.717) is 17.8 Å². The van der Waals surface area contributed by atoms with Crippen LogP contribution in [0.2, 0.25) is 0 Å². The first kappa shape index (κ1) is 21.3. The van der Waals surface area contributed by atoms with E-state index in [1.165, 1.54) is 56.3 Å². The van der Waals surface area contributed by atoms with Gasteiger partial charge in [0.05, 0.1) is 10.6 Å². The van der Waals surface area contributed by atoms with E-state index in [0.717, 1.165) is 30.4 Å². The minimum Gasteiger partial charge on any atom is -0.352 e. The fourth-order valence-electron chi connectivity index (χ4n) is 3.36. The molecule has 0 aliphatic carbocycles. The standard InChI is InChI=1S/C21H26FN3O3S/c1-24(19-10-8-18(22)9-11-19)29(27,28)20-7-4-6-17(16-20)21(26)23-12-5-15-25-13-2-3-14-25/h4,6-11,16H,2-3,5,12-15H2,1H3,(H,23,26). The second-order valence-electron chi connectivity index (χ2n) is 7.13. The Labute approximate surface area is 171 Å². The summed E-state index contributed by atoms with van der Waals surface area (Å²) >= 11 is 0. The van der Waals surface area contributed by atoms with Crippen molar-refractivity contribution in [2.24, 2.45) is 0 Å². The third-order valence-electron chi connectivity index (χ3n) is 5.08. The molecule has 0 atom stereocenters. The summed E-state index contributed by atoms with van der Waals surface area (Å²) in [5.41, 5.74) is 0.628. The summed E-state index contributed by atoms with van der Waals surface area (Å²) in [7, 11) is -2.48. The van der Waals surface area contributed by atoms with Gasteiger partial charge in [-0.25, -0.2) is 12.8 Å². The Hall–Kier alpha value is -2.45. The van der Waals surface area contributed by atoms with Gasteiger partial charge in [0.15, 0.2) is 0 Å². The molecule has 0 radical (unpaired) electrons. The highest BCUT2D eigenvalue weighted by atomic mass is 32.2. The molecule has 156 valence electrons. The molecule has 1 aliphatic rings. The molecule has 1 saturated heterocycles. The van der Waals surface area contributed by atoms with Crippen LogP contribution < -0.4 is 9.62 Å². The van der Waals surface area contributed by atoms with Crippen molar-refractivity contribution in [3.8, 4) is 0 Å². The lowest BCUT2D eigenvalue weighted by Gasteiger charge is -2.20. The van der Waals surface area contributed by atoms with Crippen molar-refractivity contribution in [3.63, 3.8) is 0 Å². The van der Waals surface area contributed by atoms with Crippen molar-refractivity contribution in [2.75, 3.05) is 37.5 Å². The number of rotatable bonds is 8. The van der Waals surface area contributed by atoms with Crippen molar-refractivity contribution in [2.45, 2.75) is 24.2 Å². The molecule has 1 N–H and O–H groups in total. The smallest absolute Gasteiger partial charge is 0.264 e. The number of hydrogen-bond donors (Lipinski definition) is 1. The number of anilines is 1. The van der Waals surface area contributed by atoms with Gasteiger partial charge in [-0.2, -0.15) is 0 Å². The molecule has 0 bridgehead atoms. The number of hydrogen-bond acceptors (Lipinski definition) is 4. The van der Waals surface area contributed by atoms with Gasteiger partial charge in [-0.3, -0.25) is 9.10 Å². The Bertz CT molecular complexity index is 942. The summed E-state index contributed by atoms with van der Waals surface area (Å²) in [6, 6.07) is 11.1. The Kier molecular flexibility index (Phi) is 6.87. The van der Waals surface area contributed by atoms with E-state index in [2.05, 4.69) is 10.2 Å². The van der Waals surface area contributed by atoms with Gasteiger partial charge in [0.25, 0.3) is 15.9 Å². The second-order valence-corrected chi connectivity index (χ2v) is 9.10. The van der Waals surface area contributed by atoms with E-state index < -0.39 is 15.8 Å². The fraction of sp³-hybridized carbons (Fsp3) is 0.381. The quantitative estimate of drug-likeness (QED) is 0.668. The van der Waals surface area contributed by atoms with Crippen LogP contribution in [0.15, 0.2) is 53.4 Å². The van der Waals surface area contributed by atoms with Gasteiger partial charge in [0, 0.05) is 19.2 Å². The third-order valence-corrected chi connectivity index (χ3v) is 6.86. The molecule has 29 heavy (non-hydrogen) atoms. The molecule has 1 heterocycles. The zero-order valence-corrected chi connectivity index (χ0v) is 17.3. The minimum absolute atomic E-state index is 0.00837. The van der Waals surface area contributed by atoms with Crippen molar-refractivity contribution < 1.29 is 17.6 Å². The summed E-state index contributed by atoms with van der Waals surface area (Å²) < 4.78 is 40.0. The Morgan fingerprint density at radius 1 is 1.14 bits per heavy atom.